The Kier molecular flexibility index (Phi) is 8.05. The fourth-order valence-electron chi connectivity index (χ4n) is 1.38. The third-order valence-corrected chi connectivity index (χ3v) is 2.64. The van der Waals surface area contributed by atoms with Crippen molar-refractivity contribution >= 4 is 5.84 Å². The van der Waals surface area contributed by atoms with E-state index < -0.39 is 0 Å². The van der Waals surface area contributed by atoms with E-state index in [4.69, 9.17) is 10.9 Å². The molecule has 0 aliphatic heterocycles. The fraction of sp³-hybridized carbons (Fsp3) is 0.875. The molecular formula is C8H20ClN3O. The summed E-state index contributed by atoms with van der Waals surface area (Å²) < 4.78 is 0.885. The van der Waals surface area contributed by atoms with Gasteiger partial charge in [-0.05, 0) is 20.8 Å². The Hall–Kier alpha value is -0.480. The summed E-state index contributed by atoms with van der Waals surface area (Å²) in [5, 5.41) is 11.4. The molecule has 5 heteroatoms. The van der Waals surface area contributed by atoms with Crippen molar-refractivity contribution < 1.29 is 22.1 Å². The van der Waals surface area contributed by atoms with E-state index in [0.717, 1.165) is 24.1 Å². The summed E-state index contributed by atoms with van der Waals surface area (Å²) in [7, 11) is 0. The molecule has 0 spiro atoms. The lowest BCUT2D eigenvalue weighted by Gasteiger charge is -2.34. The van der Waals surface area contributed by atoms with E-state index >= 15 is 0 Å². The lowest BCUT2D eigenvalue weighted by Crippen LogP contribution is -3.00. The van der Waals surface area contributed by atoms with E-state index in [-0.39, 0.29) is 12.4 Å². The highest BCUT2D eigenvalue weighted by molar-refractivity contribution is 5.80. The summed E-state index contributed by atoms with van der Waals surface area (Å²) in [5.41, 5.74) is 5.47. The van der Waals surface area contributed by atoms with Crippen LogP contribution in [-0.2, 0) is 0 Å². The van der Waals surface area contributed by atoms with Gasteiger partial charge in [0.05, 0.1) is 19.6 Å². The van der Waals surface area contributed by atoms with E-state index in [1.807, 2.05) is 0 Å². The van der Waals surface area contributed by atoms with Gasteiger partial charge in [0.1, 0.15) is 6.54 Å². The Balaban J connectivity index is 0. The molecule has 13 heavy (non-hydrogen) atoms. The van der Waals surface area contributed by atoms with Crippen LogP contribution < -0.4 is 18.1 Å². The van der Waals surface area contributed by atoms with Crippen LogP contribution in [0.1, 0.15) is 20.8 Å². The predicted molar refractivity (Wildman–Crippen MR) is 50.2 cm³/mol. The first-order chi connectivity index (χ1) is 5.64. The molecule has 0 amide bonds. The zero-order valence-electron chi connectivity index (χ0n) is 8.63. The summed E-state index contributed by atoms with van der Waals surface area (Å²) in [6.07, 6.45) is 0. The van der Waals surface area contributed by atoms with Gasteiger partial charge >= 0.3 is 0 Å². The van der Waals surface area contributed by atoms with Crippen molar-refractivity contribution in [1.82, 2.24) is 0 Å². The van der Waals surface area contributed by atoms with Gasteiger partial charge in [0.25, 0.3) is 0 Å². The highest BCUT2D eigenvalue weighted by Gasteiger charge is 2.22. The average molecular weight is 210 g/mol. The quantitative estimate of drug-likeness (QED) is 0.175. The zero-order chi connectivity index (χ0) is 9.61. The number of quaternary nitrogens is 1. The number of likely N-dealkylation sites (N-methyl/N-ethyl adjacent to an activating group) is 1. The number of amidine groups is 1. The molecule has 0 saturated heterocycles. The van der Waals surface area contributed by atoms with E-state index in [2.05, 4.69) is 25.9 Å². The topological polar surface area (TPSA) is 58.6 Å². The van der Waals surface area contributed by atoms with Crippen molar-refractivity contribution in [3.63, 3.8) is 0 Å². The minimum atomic E-state index is 0. The summed E-state index contributed by atoms with van der Waals surface area (Å²) >= 11 is 0. The van der Waals surface area contributed by atoms with Crippen molar-refractivity contribution in [2.24, 2.45) is 10.9 Å². The molecule has 0 radical (unpaired) electrons. The second-order valence-electron chi connectivity index (χ2n) is 3.04. The van der Waals surface area contributed by atoms with Crippen molar-refractivity contribution in [2.75, 3.05) is 26.2 Å². The maximum Gasteiger partial charge on any atom is 0.194 e. The maximum atomic E-state index is 8.44. The van der Waals surface area contributed by atoms with Crippen LogP contribution in [-0.4, -0.2) is 41.7 Å². The van der Waals surface area contributed by atoms with Gasteiger partial charge in [0, 0.05) is 0 Å². The zero-order valence-corrected chi connectivity index (χ0v) is 9.38. The predicted octanol–water partition coefficient (Wildman–Crippen LogP) is -2.39. The second kappa shape index (κ2) is 6.97. The normalized spacial score (nSPS) is 12.4. The molecule has 3 N–H and O–H groups in total. The summed E-state index contributed by atoms with van der Waals surface area (Å²) in [6.45, 7) is 10.1. The highest BCUT2D eigenvalue weighted by Crippen LogP contribution is 2.04. The third kappa shape index (κ3) is 4.33. The highest BCUT2D eigenvalue weighted by atomic mass is 35.5. The van der Waals surface area contributed by atoms with Crippen molar-refractivity contribution in [3.05, 3.63) is 0 Å². The van der Waals surface area contributed by atoms with Crippen molar-refractivity contribution in [3.8, 4) is 0 Å². The second-order valence-corrected chi connectivity index (χ2v) is 3.04. The third-order valence-electron chi connectivity index (χ3n) is 2.64. The first kappa shape index (κ1) is 15.0. The molecule has 4 nitrogen and oxygen atoms in total. The molecule has 0 aromatic rings. The number of hydrogen-bond acceptors (Lipinski definition) is 2. The largest absolute Gasteiger partial charge is 1.00 e. The first-order valence-electron chi connectivity index (χ1n) is 4.45. The number of nitrogens with two attached hydrogens (primary N) is 1. The number of nitrogens with zero attached hydrogens (tertiary/aromatic N) is 2. The SMILES string of the molecule is CC[N+](CC)(CC)CC(N)=NO.[Cl-]. The van der Waals surface area contributed by atoms with Crippen LogP contribution >= 0.6 is 0 Å². The monoisotopic (exact) mass is 209 g/mol. The Morgan fingerprint density at radius 2 is 1.62 bits per heavy atom. The van der Waals surface area contributed by atoms with E-state index in [1.54, 1.807) is 0 Å². The van der Waals surface area contributed by atoms with Gasteiger partial charge in [0.2, 0.25) is 0 Å². The maximum absolute atomic E-state index is 8.44. The van der Waals surface area contributed by atoms with Crippen LogP contribution in [0.5, 0.6) is 0 Å². The molecule has 0 saturated carbocycles. The molecule has 0 aromatic carbocycles. The summed E-state index contributed by atoms with van der Waals surface area (Å²) in [5.74, 6) is 0.320. The van der Waals surface area contributed by atoms with Crippen LogP contribution in [0, 0.1) is 0 Å². The standard InChI is InChI=1S/C8H19N3O.ClH/c1-4-11(5-2,6-3)7-8(9)10-12;/h4-7H2,1-3H3,(H2-,9,10,12);1H. The lowest BCUT2D eigenvalue weighted by atomic mass is 10.3. The molecule has 0 aliphatic carbocycles. The molecule has 0 aromatic heterocycles. The van der Waals surface area contributed by atoms with Crippen molar-refractivity contribution in [1.29, 1.82) is 0 Å². The van der Waals surface area contributed by atoms with Gasteiger partial charge < -0.3 is 27.8 Å². The molecule has 0 aliphatic rings. The van der Waals surface area contributed by atoms with Crippen LogP contribution in [0.4, 0.5) is 0 Å². The molecule has 0 unspecified atom stereocenters. The molecule has 80 valence electrons. The average Bonchev–Trinajstić information content (AvgIpc) is 2.14. The first-order valence-corrected chi connectivity index (χ1v) is 4.45. The minimum absolute atomic E-state index is 0. The van der Waals surface area contributed by atoms with Gasteiger partial charge in [0.15, 0.2) is 5.84 Å². The molecule has 0 heterocycles. The van der Waals surface area contributed by atoms with E-state index in [0.29, 0.717) is 12.4 Å². The molecule has 0 fully saturated rings. The smallest absolute Gasteiger partial charge is 0.194 e. The van der Waals surface area contributed by atoms with Gasteiger partial charge in [-0.1, -0.05) is 5.16 Å². The molecule has 0 bridgehead atoms. The van der Waals surface area contributed by atoms with Crippen LogP contribution in [0.2, 0.25) is 0 Å². The molecule has 0 atom stereocenters. The van der Waals surface area contributed by atoms with Crippen LogP contribution in [0.3, 0.4) is 0 Å². The fourth-order valence-corrected chi connectivity index (χ4v) is 1.38. The summed E-state index contributed by atoms with van der Waals surface area (Å²) in [4.78, 5) is 0. The van der Waals surface area contributed by atoms with Crippen LogP contribution in [0.15, 0.2) is 5.16 Å². The Morgan fingerprint density at radius 3 is 1.85 bits per heavy atom. The number of rotatable bonds is 5. The number of halogens is 1. The Bertz CT molecular complexity index is 149. The van der Waals surface area contributed by atoms with E-state index in [9.17, 15) is 0 Å². The van der Waals surface area contributed by atoms with Gasteiger partial charge in [-0.3, -0.25) is 0 Å². The van der Waals surface area contributed by atoms with E-state index in [1.165, 1.54) is 0 Å². The Morgan fingerprint density at radius 1 is 1.23 bits per heavy atom. The number of oxime groups is 1. The van der Waals surface area contributed by atoms with Gasteiger partial charge in [-0.25, -0.2) is 0 Å². The van der Waals surface area contributed by atoms with Gasteiger partial charge in [-0.2, -0.15) is 0 Å². The lowest BCUT2D eigenvalue weighted by molar-refractivity contribution is -0.914. The Labute approximate surface area is 86.4 Å². The minimum Gasteiger partial charge on any atom is -1.00 e. The number of hydrogen-bond donors (Lipinski definition) is 2. The summed E-state index contributed by atoms with van der Waals surface area (Å²) in [6, 6.07) is 0. The van der Waals surface area contributed by atoms with Crippen LogP contribution in [0.25, 0.3) is 0 Å². The van der Waals surface area contributed by atoms with Gasteiger partial charge in [-0.15, -0.1) is 0 Å². The molecular weight excluding hydrogens is 190 g/mol. The van der Waals surface area contributed by atoms with Crippen molar-refractivity contribution in [2.45, 2.75) is 20.8 Å². The molecule has 0 rings (SSSR count).